The molecule has 1 aromatic carbocycles. The number of aromatic nitrogens is 1. The highest BCUT2D eigenvalue weighted by molar-refractivity contribution is 7.97. The number of nitrogens with zero attached hydrogens (tertiary/aromatic N) is 1. The first-order valence-corrected chi connectivity index (χ1v) is 7.64. The van der Waals surface area contributed by atoms with Crippen molar-refractivity contribution in [1.29, 1.82) is 0 Å². The minimum atomic E-state index is 0.776. The van der Waals surface area contributed by atoms with Crippen molar-refractivity contribution in [2.75, 3.05) is 5.73 Å². The molecular weight excluding hydrogens is 276 g/mol. The lowest BCUT2D eigenvalue weighted by Crippen LogP contribution is -2.00. The van der Waals surface area contributed by atoms with Crippen LogP contribution in [-0.4, -0.2) is 4.98 Å². The maximum absolute atomic E-state index is 6.02. The molecule has 0 unspecified atom stereocenters. The molecule has 2 N–H and O–H groups in total. The van der Waals surface area contributed by atoms with Gasteiger partial charge in [-0.3, -0.25) is 4.98 Å². The summed E-state index contributed by atoms with van der Waals surface area (Å²) in [4.78, 5) is 4.46. The SMILES string of the molecule is Cc1cnc(CSCc2ccc(Cl)cc2)c(C)c1N. The number of halogens is 1. The molecule has 1 heterocycles. The van der Waals surface area contributed by atoms with E-state index in [2.05, 4.69) is 17.1 Å². The Bertz CT molecular complexity index is 567. The van der Waals surface area contributed by atoms with Crippen LogP contribution in [0.15, 0.2) is 30.5 Å². The number of thioether (sulfide) groups is 1. The van der Waals surface area contributed by atoms with Crippen LogP contribution >= 0.6 is 23.4 Å². The Morgan fingerprint density at radius 1 is 1.16 bits per heavy atom. The highest BCUT2D eigenvalue weighted by Gasteiger charge is 2.06. The third kappa shape index (κ3) is 3.64. The van der Waals surface area contributed by atoms with E-state index in [-0.39, 0.29) is 0 Å². The molecule has 19 heavy (non-hydrogen) atoms. The van der Waals surface area contributed by atoms with Crippen LogP contribution in [0.5, 0.6) is 0 Å². The molecule has 2 rings (SSSR count). The van der Waals surface area contributed by atoms with Gasteiger partial charge in [-0.15, -0.1) is 0 Å². The fraction of sp³-hybridized carbons (Fsp3) is 0.267. The second kappa shape index (κ2) is 6.31. The number of hydrogen-bond acceptors (Lipinski definition) is 3. The molecule has 0 radical (unpaired) electrons. The summed E-state index contributed by atoms with van der Waals surface area (Å²) in [5.74, 6) is 1.82. The van der Waals surface area contributed by atoms with Crippen molar-refractivity contribution in [3.8, 4) is 0 Å². The molecule has 1 aromatic heterocycles. The Morgan fingerprint density at radius 3 is 2.53 bits per heavy atom. The van der Waals surface area contributed by atoms with E-state index in [1.165, 1.54) is 5.56 Å². The number of benzene rings is 1. The van der Waals surface area contributed by atoms with Crippen molar-refractivity contribution < 1.29 is 0 Å². The van der Waals surface area contributed by atoms with Crippen molar-refractivity contribution in [3.05, 3.63) is 57.9 Å². The smallest absolute Gasteiger partial charge is 0.0552 e. The summed E-state index contributed by atoms with van der Waals surface area (Å²) in [5, 5.41) is 0.776. The highest BCUT2D eigenvalue weighted by Crippen LogP contribution is 2.24. The van der Waals surface area contributed by atoms with Crippen molar-refractivity contribution >= 4 is 29.1 Å². The maximum Gasteiger partial charge on any atom is 0.0552 e. The average Bonchev–Trinajstić information content (AvgIpc) is 2.41. The van der Waals surface area contributed by atoms with Crippen LogP contribution in [0.4, 0.5) is 5.69 Å². The number of nitrogen functional groups attached to an aromatic ring is 1. The predicted molar refractivity (Wildman–Crippen MR) is 84.6 cm³/mol. The summed E-state index contributed by atoms with van der Waals surface area (Å²) in [6.45, 7) is 4.02. The Labute approximate surface area is 123 Å². The van der Waals surface area contributed by atoms with Gasteiger partial charge in [-0.25, -0.2) is 0 Å². The molecule has 0 aliphatic carbocycles. The average molecular weight is 293 g/mol. The van der Waals surface area contributed by atoms with E-state index >= 15 is 0 Å². The largest absolute Gasteiger partial charge is 0.398 e. The van der Waals surface area contributed by atoms with Crippen molar-refractivity contribution in [1.82, 2.24) is 4.98 Å². The van der Waals surface area contributed by atoms with Gasteiger partial charge in [-0.05, 0) is 42.7 Å². The molecule has 0 atom stereocenters. The molecule has 2 nitrogen and oxygen atoms in total. The van der Waals surface area contributed by atoms with Gasteiger partial charge in [0.15, 0.2) is 0 Å². The molecule has 0 aliphatic rings. The zero-order valence-corrected chi connectivity index (χ0v) is 12.7. The van der Waals surface area contributed by atoms with Crippen LogP contribution in [-0.2, 0) is 11.5 Å². The van der Waals surface area contributed by atoms with Gasteiger partial charge < -0.3 is 5.73 Å². The van der Waals surface area contributed by atoms with Gasteiger partial charge in [0.05, 0.1) is 5.69 Å². The highest BCUT2D eigenvalue weighted by atomic mass is 35.5. The Morgan fingerprint density at radius 2 is 1.84 bits per heavy atom. The van der Waals surface area contributed by atoms with Gasteiger partial charge in [0.25, 0.3) is 0 Å². The van der Waals surface area contributed by atoms with Crippen LogP contribution in [0.3, 0.4) is 0 Å². The number of anilines is 1. The number of rotatable bonds is 4. The number of aryl methyl sites for hydroxylation is 1. The lowest BCUT2D eigenvalue weighted by atomic mass is 10.1. The van der Waals surface area contributed by atoms with Gasteiger partial charge in [0.2, 0.25) is 0 Å². The molecule has 0 amide bonds. The summed E-state index contributed by atoms with van der Waals surface area (Å²) in [7, 11) is 0. The van der Waals surface area contributed by atoms with E-state index < -0.39 is 0 Å². The fourth-order valence-electron chi connectivity index (χ4n) is 1.78. The summed E-state index contributed by atoms with van der Waals surface area (Å²) in [6.07, 6.45) is 1.85. The second-order valence-corrected chi connectivity index (χ2v) is 5.97. The van der Waals surface area contributed by atoms with E-state index in [4.69, 9.17) is 17.3 Å². The first kappa shape index (κ1) is 14.2. The number of pyridine rings is 1. The Balaban J connectivity index is 1.96. The molecule has 2 aromatic rings. The third-order valence-corrected chi connectivity index (χ3v) is 4.36. The van der Waals surface area contributed by atoms with Crippen LogP contribution < -0.4 is 5.73 Å². The van der Waals surface area contributed by atoms with Gasteiger partial charge >= 0.3 is 0 Å². The third-order valence-electron chi connectivity index (χ3n) is 3.10. The summed E-state index contributed by atoms with van der Waals surface area (Å²) in [6, 6.07) is 7.95. The summed E-state index contributed by atoms with van der Waals surface area (Å²) in [5.41, 5.74) is 11.4. The van der Waals surface area contributed by atoms with Crippen molar-refractivity contribution in [2.45, 2.75) is 25.4 Å². The molecule has 0 fully saturated rings. The van der Waals surface area contributed by atoms with E-state index in [9.17, 15) is 0 Å². The minimum absolute atomic E-state index is 0.776. The quantitative estimate of drug-likeness (QED) is 0.909. The van der Waals surface area contributed by atoms with Crippen LogP contribution in [0.25, 0.3) is 0 Å². The zero-order chi connectivity index (χ0) is 13.8. The van der Waals surface area contributed by atoms with Crippen molar-refractivity contribution in [3.63, 3.8) is 0 Å². The Hall–Kier alpha value is -1.19. The van der Waals surface area contributed by atoms with Crippen LogP contribution in [0, 0.1) is 13.8 Å². The second-order valence-electron chi connectivity index (χ2n) is 4.55. The first-order chi connectivity index (χ1) is 9.08. The van der Waals surface area contributed by atoms with Gasteiger partial charge in [-0.1, -0.05) is 23.7 Å². The zero-order valence-electron chi connectivity index (χ0n) is 11.1. The topological polar surface area (TPSA) is 38.9 Å². The standard InChI is InChI=1S/C15H17ClN2S/c1-10-7-18-14(11(2)15(10)17)9-19-8-12-3-5-13(16)6-4-12/h3-7H,8-9H2,1-2H3,(H2,17,18). The van der Waals surface area contributed by atoms with E-state index in [0.717, 1.165) is 39.0 Å². The molecule has 0 bridgehead atoms. The monoisotopic (exact) mass is 292 g/mol. The minimum Gasteiger partial charge on any atom is -0.398 e. The van der Waals surface area contributed by atoms with Crippen LogP contribution in [0.1, 0.15) is 22.4 Å². The van der Waals surface area contributed by atoms with Gasteiger partial charge in [0.1, 0.15) is 0 Å². The molecule has 0 spiro atoms. The van der Waals surface area contributed by atoms with Gasteiger partial charge in [0, 0.05) is 28.4 Å². The number of hydrogen-bond donors (Lipinski definition) is 1. The molecule has 0 aliphatic heterocycles. The lowest BCUT2D eigenvalue weighted by molar-refractivity contribution is 1.11. The molecule has 0 saturated carbocycles. The molecular formula is C15H17ClN2S. The lowest BCUT2D eigenvalue weighted by Gasteiger charge is -2.09. The fourth-order valence-corrected chi connectivity index (χ4v) is 2.92. The van der Waals surface area contributed by atoms with Crippen molar-refractivity contribution in [2.24, 2.45) is 0 Å². The number of nitrogens with two attached hydrogens (primary N) is 1. The molecule has 100 valence electrons. The van der Waals surface area contributed by atoms with Crippen LogP contribution in [0.2, 0.25) is 5.02 Å². The van der Waals surface area contributed by atoms with Gasteiger partial charge in [-0.2, -0.15) is 11.8 Å². The molecule has 4 heteroatoms. The van der Waals surface area contributed by atoms with E-state index in [0.29, 0.717) is 0 Å². The molecule has 0 saturated heterocycles. The summed E-state index contributed by atoms with van der Waals surface area (Å²) >= 11 is 7.70. The normalized spacial score (nSPS) is 10.7. The van der Waals surface area contributed by atoms with E-state index in [1.54, 1.807) is 0 Å². The maximum atomic E-state index is 6.02. The predicted octanol–water partition coefficient (Wildman–Crippen LogP) is 4.37. The Kier molecular flexibility index (Phi) is 4.72. The summed E-state index contributed by atoms with van der Waals surface area (Å²) < 4.78 is 0. The van der Waals surface area contributed by atoms with E-state index in [1.807, 2.05) is 43.9 Å². The first-order valence-electron chi connectivity index (χ1n) is 6.10.